The third kappa shape index (κ3) is 8.01. The molecule has 0 atom stereocenters. The summed E-state index contributed by atoms with van der Waals surface area (Å²) in [4.78, 5) is -0.122. The van der Waals surface area contributed by atoms with Gasteiger partial charge in [0.15, 0.2) is 0 Å². The molecule has 37 heavy (non-hydrogen) atoms. The van der Waals surface area contributed by atoms with Crippen LogP contribution in [0.5, 0.6) is 0 Å². The van der Waals surface area contributed by atoms with E-state index in [-0.39, 0.29) is 26.1 Å². The van der Waals surface area contributed by atoms with Gasteiger partial charge >= 0.3 is 6.18 Å². The fourth-order valence-corrected chi connectivity index (χ4v) is 5.72. The Bertz CT molecular complexity index is 1500. The maximum Gasteiger partial charge on any atom is 0.416 e. The Hall–Kier alpha value is -3.46. The Labute approximate surface area is 221 Å². The van der Waals surface area contributed by atoms with Crippen molar-refractivity contribution in [1.29, 1.82) is 0 Å². The van der Waals surface area contributed by atoms with Crippen LogP contribution >= 0.6 is 23.4 Å². The van der Waals surface area contributed by atoms with E-state index in [0.29, 0.717) is 5.56 Å². The Morgan fingerprint density at radius 1 is 1.14 bits per heavy atom. The number of halogens is 4. The first kappa shape index (κ1) is 28.1. The number of hydrazone groups is 1. The molecule has 0 unspecified atom stereocenters. The quantitative estimate of drug-likeness (QED) is 0.134. The van der Waals surface area contributed by atoms with E-state index < -0.39 is 27.7 Å². The first-order chi connectivity index (χ1) is 17.5. The summed E-state index contributed by atoms with van der Waals surface area (Å²) in [7, 11) is -4.37. The zero-order chi connectivity index (χ0) is 27.1. The van der Waals surface area contributed by atoms with Crippen LogP contribution in [0.2, 0.25) is 5.02 Å². The number of nitrogens with one attached hydrogen (secondary N) is 1. The SMILES string of the molecule is Cc1cc(S(=O)(=O)/N=C(\N)N/N=C/C#Cc2ccccc2)c(SCc2ccccc2C(F)(F)F)cc1Cl. The van der Waals surface area contributed by atoms with Crippen LogP contribution in [0.1, 0.15) is 22.3 Å². The van der Waals surface area contributed by atoms with Gasteiger partial charge in [0.05, 0.1) is 11.8 Å². The van der Waals surface area contributed by atoms with E-state index in [2.05, 4.69) is 26.8 Å². The van der Waals surface area contributed by atoms with Crippen LogP contribution in [0.4, 0.5) is 13.2 Å². The van der Waals surface area contributed by atoms with E-state index in [1.807, 2.05) is 30.3 Å². The van der Waals surface area contributed by atoms with Crippen molar-refractivity contribution in [2.75, 3.05) is 0 Å². The van der Waals surface area contributed by atoms with Gasteiger partial charge in [0.1, 0.15) is 4.90 Å². The normalized spacial score (nSPS) is 12.3. The molecule has 0 radical (unpaired) electrons. The van der Waals surface area contributed by atoms with Gasteiger partial charge in [-0.1, -0.05) is 53.9 Å². The average molecular weight is 565 g/mol. The number of nitrogens with zero attached hydrogens (tertiary/aromatic N) is 2. The molecule has 0 saturated carbocycles. The topological polar surface area (TPSA) is 96.9 Å². The molecular weight excluding hydrogens is 545 g/mol. The molecule has 3 aromatic rings. The first-order valence-corrected chi connectivity index (χ1v) is 13.3. The minimum absolute atomic E-state index is 0.00400. The molecule has 0 aromatic heterocycles. The highest BCUT2D eigenvalue weighted by Crippen LogP contribution is 2.38. The van der Waals surface area contributed by atoms with Crippen LogP contribution in [0.3, 0.4) is 0 Å². The summed E-state index contributed by atoms with van der Waals surface area (Å²) in [6, 6.07) is 16.9. The van der Waals surface area contributed by atoms with Crippen LogP contribution in [0, 0.1) is 18.8 Å². The predicted molar refractivity (Wildman–Crippen MR) is 141 cm³/mol. The second-order valence-electron chi connectivity index (χ2n) is 7.45. The number of thioether (sulfide) groups is 1. The van der Waals surface area contributed by atoms with Gasteiger partial charge in [0.25, 0.3) is 10.0 Å². The van der Waals surface area contributed by atoms with E-state index in [0.717, 1.165) is 23.4 Å². The highest BCUT2D eigenvalue weighted by molar-refractivity contribution is 7.99. The fraction of sp³-hybridized carbons (Fsp3) is 0.120. The van der Waals surface area contributed by atoms with Crippen molar-refractivity contribution in [3.8, 4) is 11.8 Å². The van der Waals surface area contributed by atoms with Gasteiger partial charge in [-0.25, -0.2) is 5.43 Å². The largest absolute Gasteiger partial charge is 0.416 e. The van der Waals surface area contributed by atoms with Crippen molar-refractivity contribution in [3.05, 3.63) is 94.0 Å². The fourth-order valence-electron chi connectivity index (χ4n) is 3.00. The molecule has 3 rings (SSSR count). The number of rotatable bonds is 6. The van der Waals surface area contributed by atoms with Crippen molar-refractivity contribution in [2.45, 2.75) is 28.6 Å². The Morgan fingerprint density at radius 2 is 1.81 bits per heavy atom. The third-order valence-corrected chi connectivity index (χ3v) is 7.70. The highest BCUT2D eigenvalue weighted by Gasteiger charge is 2.33. The molecule has 0 fully saturated rings. The van der Waals surface area contributed by atoms with Crippen molar-refractivity contribution >= 4 is 45.6 Å². The van der Waals surface area contributed by atoms with E-state index in [4.69, 9.17) is 17.3 Å². The molecule has 0 spiro atoms. The smallest absolute Gasteiger partial charge is 0.368 e. The second-order valence-corrected chi connectivity index (χ2v) is 10.4. The number of nitrogens with two attached hydrogens (primary N) is 1. The number of alkyl halides is 3. The standard InChI is InChI=1S/C25H20ClF3N4O2S2/c1-17-14-23(22(15-21(17)26)36-16-19-11-5-6-12-20(19)25(27,28)29)37(34,35)33-24(30)32-31-13-7-10-18-8-3-2-4-9-18/h2-6,8-9,11-15H,16H2,1H3,(H3,30,32,33)/b31-13+. The average Bonchev–Trinajstić information content (AvgIpc) is 2.84. The number of guanidine groups is 1. The molecule has 192 valence electrons. The number of hydrogen-bond acceptors (Lipinski definition) is 4. The van der Waals surface area contributed by atoms with Crippen molar-refractivity contribution in [1.82, 2.24) is 5.43 Å². The summed E-state index contributed by atoms with van der Waals surface area (Å²) >= 11 is 7.06. The second kappa shape index (κ2) is 12.2. The van der Waals surface area contributed by atoms with E-state index in [1.165, 1.54) is 36.5 Å². The number of hydrogen-bond donors (Lipinski definition) is 2. The lowest BCUT2D eigenvalue weighted by molar-refractivity contribution is -0.138. The van der Waals surface area contributed by atoms with E-state index in [1.54, 1.807) is 6.92 Å². The molecule has 6 nitrogen and oxygen atoms in total. The zero-order valence-corrected chi connectivity index (χ0v) is 21.6. The minimum atomic E-state index is -4.55. The predicted octanol–water partition coefficient (Wildman–Crippen LogP) is 5.59. The zero-order valence-electron chi connectivity index (χ0n) is 19.3. The summed E-state index contributed by atoms with van der Waals surface area (Å²) in [5.74, 6) is 4.81. The van der Waals surface area contributed by atoms with Gasteiger partial charge in [-0.15, -0.1) is 16.2 Å². The van der Waals surface area contributed by atoms with Crippen LogP contribution in [0.25, 0.3) is 0 Å². The van der Waals surface area contributed by atoms with Gasteiger partial charge in [-0.05, 0) is 54.3 Å². The van der Waals surface area contributed by atoms with Crippen LogP contribution in [0.15, 0.2) is 86.0 Å². The summed E-state index contributed by atoms with van der Waals surface area (Å²) in [5, 5.41) is 3.98. The van der Waals surface area contributed by atoms with Crippen molar-refractivity contribution in [2.24, 2.45) is 15.2 Å². The summed E-state index contributed by atoms with van der Waals surface area (Å²) in [5.41, 5.74) is 8.36. The van der Waals surface area contributed by atoms with Crippen LogP contribution in [-0.2, 0) is 22.0 Å². The lowest BCUT2D eigenvalue weighted by Crippen LogP contribution is -2.28. The summed E-state index contributed by atoms with van der Waals surface area (Å²) in [6.45, 7) is 1.59. The maximum absolute atomic E-state index is 13.4. The minimum Gasteiger partial charge on any atom is -0.368 e. The number of aryl methyl sites for hydroxylation is 1. The maximum atomic E-state index is 13.4. The number of benzene rings is 3. The molecule has 0 bridgehead atoms. The Balaban J connectivity index is 1.82. The van der Waals surface area contributed by atoms with E-state index in [9.17, 15) is 21.6 Å². The van der Waals surface area contributed by atoms with Crippen molar-refractivity contribution < 1.29 is 21.6 Å². The van der Waals surface area contributed by atoms with Gasteiger partial charge in [-0.2, -0.15) is 26.7 Å². The lowest BCUT2D eigenvalue weighted by atomic mass is 10.1. The first-order valence-electron chi connectivity index (χ1n) is 10.5. The molecule has 3 N–H and O–H groups in total. The van der Waals surface area contributed by atoms with E-state index >= 15 is 0 Å². The molecule has 3 aromatic carbocycles. The molecule has 0 saturated heterocycles. The highest BCUT2D eigenvalue weighted by atomic mass is 35.5. The van der Waals surface area contributed by atoms with Crippen LogP contribution in [-0.4, -0.2) is 20.6 Å². The monoisotopic (exact) mass is 564 g/mol. The molecule has 0 aliphatic heterocycles. The summed E-state index contributed by atoms with van der Waals surface area (Å²) in [6.07, 6.45) is -3.36. The Kier molecular flexibility index (Phi) is 9.26. The van der Waals surface area contributed by atoms with Gasteiger partial charge in [0, 0.05) is 21.2 Å². The molecule has 0 aliphatic carbocycles. The number of sulfonamides is 1. The molecule has 0 aliphatic rings. The van der Waals surface area contributed by atoms with Gasteiger partial charge in [-0.3, -0.25) is 0 Å². The van der Waals surface area contributed by atoms with Crippen LogP contribution < -0.4 is 11.2 Å². The Morgan fingerprint density at radius 3 is 2.51 bits per heavy atom. The molecule has 0 amide bonds. The molecule has 0 heterocycles. The lowest BCUT2D eigenvalue weighted by Gasteiger charge is -2.14. The third-order valence-electron chi connectivity index (χ3n) is 4.73. The molecular formula is C25H20ClF3N4O2S2. The summed E-state index contributed by atoms with van der Waals surface area (Å²) < 4.78 is 69.6. The van der Waals surface area contributed by atoms with Crippen molar-refractivity contribution in [3.63, 3.8) is 0 Å². The van der Waals surface area contributed by atoms with Gasteiger partial charge < -0.3 is 5.73 Å². The van der Waals surface area contributed by atoms with Gasteiger partial charge in [0.2, 0.25) is 5.96 Å². The molecule has 12 heteroatoms.